The van der Waals surface area contributed by atoms with Gasteiger partial charge in [0.05, 0.1) is 10.6 Å². The lowest BCUT2D eigenvalue weighted by Gasteiger charge is -2.13. The number of rotatable bonds is 8. The van der Waals surface area contributed by atoms with Gasteiger partial charge in [-0.2, -0.15) is 5.10 Å². The first-order chi connectivity index (χ1) is 17.1. The highest BCUT2D eigenvalue weighted by Crippen LogP contribution is 2.36. The molecule has 0 atom stereocenters. The van der Waals surface area contributed by atoms with Crippen molar-refractivity contribution in [1.29, 1.82) is 0 Å². The van der Waals surface area contributed by atoms with Gasteiger partial charge in [0.1, 0.15) is 11.0 Å². The Morgan fingerprint density at radius 1 is 1.14 bits per heavy atom. The van der Waals surface area contributed by atoms with Gasteiger partial charge in [-0.15, -0.1) is 22.0 Å². The molecule has 0 aliphatic heterocycles. The van der Waals surface area contributed by atoms with Gasteiger partial charge in [0.15, 0.2) is 21.2 Å². The quantitative estimate of drug-likeness (QED) is 0.216. The number of sulfone groups is 1. The van der Waals surface area contributed by atoms with E-state index in [4.69, 9.17) is 20.8 Å². The first kappa shape index (κ1) is 25.9. The molecule has 4 rings (SSSR count). The normalized spacial score (nSPS) is 11.7. The van der Waals surface area contributed by atoms with Crippen molar-refractivity contribution < 1.29 is 22.4 Å². The SMILES string of the molecule is CSCOC(=O)c1nn(-c2ccccc2C(C)C)c(-c2nnc(-c3cccc(S(C)(=O)=O)c3)o2)c1Cl. The molecule has 36 heavy (non-hydrogen) atoms. The van der Waals surface area contributed by atoms with Gasteiger partial charge in [-0.25, -0.2) is 17.9 Å². The lowest BCUT2D eigenvalue weighted by Crippen LogP contribution is -2.08. The zero-order valence-corrected chi connectivity index (χ0v) is 22.3. The summed E-state index contributed by atoms with van der Waals surface area (Å²) in [7, 11) is -3.43. The fourth-order valence-electron chi connectivity index (χ4n) is 3.53. The summed E-state index contributed by atoms with van der Waals surface area (Å²) in [6.07, 6.45) is 2.92. The Bertz CT molecular complexity index is 1530. The molecule has 0 amide bonds. The Hall–Kier alpha value is -3.15. The Balaban J connectivity index is 1.88. The Morgan fingerprint density at radius 2 is 1.86 bits per heavy atom. The van der Waals surface area contributed by atoms with E-state index in [9.17, 15) is 13.2 Å². The minimum atomic E-state index is -3.43. The summed E-state index contributed by atoms with van der Waals surface area (Å²) in [4.78, 5) is 12.8. The van der Waals surface area contributed by atoms with Crippen molar-refractivity contribution >= 4 is 39.2 Å². The summed E-state index contributed by atoms with van der Waals surface area (Å²) in [5.41, 5.74) is 2.20. The second-order valence-corrected chi connectivity index (χ2v) is 11.4. The summed E-state index contributed by atoms with van der Waals surface area (Å²) in [5, 5.41) is 12.7. The second kappa shape index (κ2) is 10.5. The number of carbonyl (C=O) groups is 1. The number of halogens is 1. The van der Waals surface area contributed by atoms with E-state index in [-0.39, 0.29) is 44.9 Å². The van der Waals surface area contributed by atoms with Crippen LogP contribution in [-0.4, -0.2) is 52.8 Å². The molecule has 0 saturated heterocycles. The summed E-state index contributed by atoms with van der Waals surface area (Å²) in [6.45, 7) is 4.08. The molecule has 0 fully saturated rings. The van der Waals surface area contributed by atoms with Crippen LogP contribution >= 0.6 is 23.4 Å². The molecule has 0 N–H and O–H groups in total. The molecule has 0 aliphatic carbocycles. The minimum Gasteiger partial charge on any atom is -0.450 e. The smallest absolute Gasteiger partial charge is 0.361 e. The van der Waals surface area contributed by atoms with Crippen LogP contribution in [0.4, 0.5) is 0 Å². The molecule has 0 unspecified atom stereocenters. The third kappa shape index (κ3) is 5.18. The lowest BCUT2D eigenvalue weighted by molar-refractivity contribution is 0.0572. The molecule has 2 heterocycles. The number of ether oxygens (including phenoxy) is 1. The van der Waals surface area contributed by atoms with Gasteiger partial charge in [-0.3, -0.25) is 0 Å². The zero-order chi connectivity index (χ0) is 26.0. The van der Waals surface area contributed by atoms with E-state index in [0.29, 0.717) is 11.3 Å². The Kier molecular flexibility index (Phi) is 7.53. The summed E-state index contributed by atoms with van der Waals surface area (Å²) in [6, 6.07) is 13.8. The van der Waals surface area contributed by atoms with Crippen LogP contribution in [0.1, 0.15) is 35.8 Å². The average molecular weight is 547 g/mol. The fraction of sp³-hybridized carbons (Fsp3) is 0.250. The van der Waals surface area contributed by atoms with E-state index in [1.54, 1.807) is 18.4 Å². The van der Waals surface area contributed by atoms with Crippen molar-refractivity contribution in [3.63, 3.8) is 0 Å². The van der Waals surface area contributed by atoms with Crippen LogP contribution in [0.5, 0.6) is 0 Å². The third-order valence-electron chi connectivity index (χ3n) is 5.25. The highest BCUT2D eigenvalue weighted by molar-refractivity contribution is 7.98. The number of aromatic nitrogens is 4. The number of para-hydroxylation sites is 1. The molecule has 2 aromatic carbocycles. The van der Waals surface area contributed by atoms with E-state index >= 15 is 0 Å². The highest BCUT2D eigenvalue weighted by Gasteiger charge is 2.29. The molecule has 0 aliphatic rings. The summed E-state index contributed by atoms with van der Waals surface area (Å²) in [5.74, 6) is -0.308. The molecule has 188 valence electrons. The fourth-order valence-corrected chi connectivity index (χ4v) is 4.70. The standard InChI is InChI=1S/C24H23ClN4O5S2/c1-14(2)17-10-5-6-11-18(17)29-21(19(25)20(28-29)24(30)33-13-35-3)23-27-26-22(34-23)15-8-7-9-16(12-15)36(4,31)32/h5-12,14H,13H2,1-4H3. The molecular weight excluding hydrogens is 524 g/mol. The van der Waals surface area contributed by atoms with Crippen LogP contribution in [0.2, 0.25) is 5.02 Å². The van der Waals surface area contributed by atoms with Crippen LogP contribution in [0.25, 0.3) is 28.7 Å². The average Bonchev–Trinajstić information content (AvgIpc) is 3.46. The molecule has 12 heteroatoms. The van der Waals surface area contributed by atoms with Gasteiger partial charge in [0, 0.05) is 11.8 Å². The first-order valence-corrected chi connectivity index (χ1v) is 14.5. The zero-order valence-electron chi connectivity index (χ0n) is 19.9. The van der Waals surface area contributed by atoms with Crippen molar-refractivity contribution in [1.82, 2.24) is 20.0 Å². The van der Waals surface area contributed by atoms with Crippen molar-refractivity contribution in [3.8, 4) is 28.7 Å². The number of hydrogen-bond acceptors (Lipinski definition) is 9. The van der Waals surface area contributed by atoms with E-state index in [1.165, 1.54) is 28.6 Å². The monoisotopic (exact) mass is 546 g/mol. The van der Waals surface area contributed by atoms with Gasteiger partial charge >= 0.3 is 5.97 Å². The van der Waals surface area contributed by atoms with E-state index in [2.05, 4.69) is 15.3 Å². The van der Waals surface area contributed by atoms with E-state index < -0.39 is 15.8 Å². The van der Waals surface area contributed by atoms with Gasteiger partial charge in [-0.05, 0) is 42.0 Å². The molecular formula is C24H23ClN4O5S2. The topological polar surface area (TPSA) is 117 Å². The molecule has 2 aromatic heterocycles. The lowest BCUT2D eigenvalue weighted by atomic mass is 10.0. The maximum absolute atomic E-state index is 12.7. The first-order valence-electron chi connectivity index (χ1n) is 10.8. The van der Waals surface area contributed by atoms with Crippen LogP contribution in [0, 0.1) is 0 Å². The molecule has 9 nitrogen and oxygen atoms in total. The van der Waals surface area contributed by atoms with Crippen LogP contribution in [0.3, 0.4) is 0 Å². The maximum atomic E-state index is 12.7. The van der Waals surface area contributed by atoms with Crippen LogP contribution in [-0.2, 0) is 14.6 Å². The number of nitrogens with zero attached hydrogens (tertiary/aromatic N) is 4. The Morgan fingerprint density at radius 3 is 2.56 bits per heavy atom. The Labute approximate surface area is 217 Å². The third-order valence-corrected chi connectivity index (χ3v) is 7.07. The van der Waals surface area contributed by atoms with Crippen molar-refractivity contribution in [2.24, 2.45) is 0 Å². The number of hydrogen-bond donors (Lipinski definition) is 0. The largest absolute Gasteiger partial charge is 0.450 e. The number of benzene rings is 2. The molecule has 4 aromatic rings. The predicted molar refractivity (Wildman–Crippen MR) is 138 cm³/mol. The summed E-state index contributed by atoms with van der Waals surface area (Å²) < 4.78 is 36.6. The summed E-state index contributed by atoms with van der Waals surface area (Å²) >= 11 is 8.00. The van der Waals surface area contributed by atoms with Crippen LogP contribution < -0.4 is 0 Å². The van der Waals surface area contributed by atoms with Crippen LogP contribution in [0.15, 0.2) is 57.8 Å². The molecule has 0 spiro atoms. The molecule has 0 saturated carbocycles. The number of esters is 1. The minimum absolute atomic E-state index is 0.000232. The van der Waals surface area contributed by atoms with Gasteiger partial charge in [0.25, 0.3) is 5.89 Å². The second-order valence-electron chi connectivity index (χ2n) is 8.19. The number of thioether (sulfide) groups is 1. The van der Waals surface area contributed by atoms with Crippen molar-refractivity contribution in [2.45, 2.75) is 24.7 Å². The van der Waals surface area contributed by atoms with E-state index in [1.807, 2.05) is 38.1 Å². The van der Waals surface area contributed by atoms with Gasteiger partial charge in [-0.1, -0.05) is 49.7 Å². The van der Waals surface area contributed by atoms with Crippen molar-refractivity contribution in [2.75, 3.05) is 18.5 Å². The van der Waals surface area contributed by atoms with Gasteiger partial charge < -0.3 is 9.15 Å². The van der Waals surface area contributed by atoms with Gasteiger partial charge in [0.2, 0.25) is 5.89 Å². The maximum Gasteiger partial charge on any atom is 0.361 e. The molecule has 0 bridgehead atoms. The predicted octanol–water partition coefficient (Wildman–Crippen LogP) is 5.25. The highest BCUT2D eigenvalue weighted by atomic mass is 35.5. The molecule has 0 radical (unpaired) electrons. The van der Waals surface area contributed by atoms with E-state index in [0.717, 1.165) is 11.8 Å². The number of carbonyl (C=O) groups excluding carboxylic acids is 1. The van der Waals surface area contributed by atoms with Crippen molar-refractivity contribution in [3.05, 3.63) is 64.8 Å².